The Hall–Kier alpha value is -2.90. The monoisotopic (exact) mass is 405 g/mol. The molecule has 0 heterocycles. The number of hydrogen-bond donors (Lipinski definition) is 4. The number of carbonyl (C=O) groups is 3. The highest BCUT2D eigenvalue weighted by Gasteiger charge is 2.22. The van der Waals surface area contributed by atoms with Crippen LogP contribution < -0.4 is 5.32 Å². The molecule has 148 valence electrons. The van der Waals surface area contributed by atoms with E-state index in [0.717, 1.165) is 16.7 Å². The van der Waals surface area contributed by atoms with Gasteiger partial charge in [-0.25, -0.2) is 4.79 Å². The van der Waals surface area contributed by atoms with E-state index in [0.29, 0.717) is 5.02 Å². The van der Waals surface area contributed by atoms with Gasteiger partial charge < -0.3 is 20.6 Å². The first-order valence-electron chi connectivity index (χ1n) is 8.51. The third-order valence-electron chi connectivity index (χ3n) is 4.06. The van der Waals surface area contributed by atoms with Crippen molar-refractivity contribution in [2.24, 2.45) is 0 Å². The third-order valence-corrected chi connectivity index (χ3v) is 4.30. The van der Waals surface area contributed by atoms with E-state index in [9.17, 15) is 19.5 Å². The van der Waals surface area contributed by atoms with Crippen molar-refractivity contribution in [3.63, 3.8) is 0 Å². The Balaban J connectivity index is 2.12. The molecule has 0 aliphatic heterocycles. The predicted molar refractivity (Wildman–Crippen MR) is 103 cm³/mol. The zero-order chi connectivity index (χ0) is 20.7. The van der Waals surface area contributed by atoms with E-state index in [-0.39, 0.29) is 12.8 Å². The van der Waals surface area contributed by atoms with Crippen LogP contribution in [-0.2, 0) is 20.8 Å². The van der Waals surface area contributed by atoms with Gasteiger partial charge in [0.1, 0.15) is 6.42 Å². The Morgan fingerprint density at radius 2 is 1.68 bits per heavy atom. The number of aliphatic hydroxyl groups is 1. The van der Waals surface area contributed by atoms with Crippen molar-refractivity contribution < 1.29 is 29.7 Å². The molecular formula is C20H20ClNO6. The third kappa shape index (κ3) is 6.68. The first-order chi connectivity index (χ1) is 13.2. The zero-order valence-corrected chi connectivity index (χ0v) is 15.6. The maximum atomic E-state index is 11.7. The predicted octanol–water partition coefficient (Wildman–Crippen LogP) is 2.34. The maximum Gasteiger partial charge on any atom is 0.332 e. The number of carbonyl (C=O) groups excluding carboxylic acids is 1. The molecule has 28 heavy (non-hydrogen) atoms. The van der Waals surface area contributed by atoms with Crippen LogP contribution >= 0.6 is 11.6 Å². The molecule has 2 atom stereocenters. The number of amides is 1. The summed E-state index contributed by atoms with van der Waals surface area (Å²) in [6, 6.07) is 14.0. The van der Waals surface area contributed by atoms with Gasteiger partial charge >= 0.3 is 11.9 Å². The van der Waals surface area contributed by atoms with E-state index < -0.39 is 36.4 Å². The highest BCUT2D eigenvalue weighted by molar-refractivity contribution is 6.30. The first kappa shape index (κ1) is 21.4. The van der Waals surface area contributed by atoms with Crippen molar-refractivity contribution in [1.82, 2.24) is 5.32 Å². The van der Waals surface area contributed by atoms with Crippen molar-refractivity contribution in [3.8, 4) is 11.1 Å². The second kappa shape index (κ2) is 9.87. The lowest BCUT2D eigenvalue weighted by atomic mass is 9.97. The number of aliphatic hydroxyl groups excluding tert-OH is 1. The molecule has 0 saturated carbocycles. The van der Waals surface area contributed by atoms with Crippen LogP contribution in [0, 0.1) is 0 Å². The first-order valence-corrected chi connectivity index (χ1v) is 8.89. The van der Waals surface area contributed by atoms with Crippen LogP contribution in [0.2, 0.25) is 5.02 Å². The molecule has 0 saturated heterocycles. The quantitative estimate of drug-likeness (QED) is 0.475. The molecule has 0 aromatic heterocycles. The fourth-order valence-corrected chi connectivity index (χ4v) is 2.96. The fraction of sp³-hybridized carbons (Fsp3) is 0.250. The van der Waals surface area contributed by atoms with Gasteiger partial charge in [-0.2, -0.15) is 0 Å². The molecule has 0 unspecified atom stereocenters. The molecule has 0 radical (unpaired) electrons. The van der Waals surface area contributed by atoms with Crippen molar-refractivity contribution in [1.29, 1.82) is 0 Å². The molecule has 0 aliphatic rings. The van der Waals surface area contributed by atoms with Crippen LogP contribution in [0.15, 0.2) is 48.5 Å². The summed E-state index contributed by atoms with van der Waals surface area (Å²) in [6.07, 6.45) is -2.39. The topological polar surface area (TPSA) is 124 Å². The van der Waals surface area contributed by atoms with E-state index in [1.54, 1.807) is 6.07 Å². The number of hydrogen-bond acceptors (Lipinski definition) is 4. The second-order valence-electron chi connectivity index (χ2n) is 6.34. The minimum atomic E-state index is -1.67. The number of carboxylic acids is 2. The van der Waals surface area contributed by atoms with E-state index in [1.165, 1.54) is 0 Å². The van der Waals surface area contributed by atoms with E-state index >= 15 is 0 Å². The minimum Gasteiger partial charge on any atom is -0.481 e. The molecular weight excluding hydrogens is 386 g/mol. The van der Waals surface area contributed by atoms with Crippen LogP contribution in [0.5, 0.6) is 0 Å². The van der Waals surface area contributed by atoms with Crippen LogP contribution in [0.3, 0.4) is 0 Å². The van der Waals surface area contributed by atoms with Crippen molar-refractivity contribution in [3.05, 3.63) is 59.1 Å². The van der Waals surface area contributed by atoms with Gasteiger partial charge in [0.15, 0.2) is 6.10 Å². The standard InChI is InChI=1S/C20H20ClNO6/c21-15-3-1-2-14(9-15)13-6-4-12(5-7-13)8-16(10-17(23)20(27)28)22-18(24)11-19(25)26/h1-7,9,16-17,23H,8,10-11H2,(H,22,24)(H,25,26)(H,27,28)/t16-,17-/m1/s1. The maximum absolute atomic E-state index is 11.7. The summed E-state index contributed by atoms with van der Waals surface area (Å²) in [5.74, 6) is -3.44. The zero-order valence-electron chi connectivity index (χ0n) is 14.8. The fourth-order valence-electron chi connectivity index (χ4n) is 2.77. The van der Waals surface area contributed by atoms with Gasteiger partial charge in [0.2, 0.25) is 5.91 Å². The number of nitrogens with one attached hydrogen (secondary N) is 1. The average molecular weight is 406 g/mol. The van der Waals surface area contributed by atoms with Gasteiger partial charge in [-0.1, -0.05) is 48.0 Å². The molecule has 2 aromatic carbocycles. The van der Waals surface area contributed by atoms with Gasteiger partial charge in [-0.05, 0) is 35.2 Å². The lowest BCUT2D eigenvalue weighted by Crippen LogP contribution is -2.41. The van der Waals surface area contributed by atoms with E-state index in [4.69, 9.17) is 21.8 Å². The molecule has 1 amide bonds. The van der Waals surface area contributed by atoms with Crippen LogP contribution in [0.4, 0.5) is 0 Å². The Labute approximate surface area is 166 Å². The molecule has 7 nitrogen and oxygen atoms in total. The normalized spacial score (nSPS) is 12.8. The molecule has 2 rings (SSSR count). The average Bonchev–Trinajstić information content (AvgIpc) is 2.61. The summed E-state index contributed by atoms with van der Waals surface area (Å²) < 4.78 is 0. The van der Waals surface area contributed by atoms with Crippen LogP contribution in [0.1, 0.15) is 18.4 Å². The van der Waals surface area contributed by atoms with Gasteiger partial charge in [0.05, 0.1) is 0 Å². The molecule has 0 aliphatic carbocycles. The molecule has 0 fully saturated rings. The molecule has 0 spiro atoms. The molecule has 4 N–H and O–H groups in total. The number of benzene rings is 2. The Morgan fingerprint density at radius 1 is 1.00 bits per heavy atom. The number of rotatable bonds is 9. The van der Waals surface area contributed by atoms with Crippen molar-refractivity contribution in [2.75, 3.05) is 0 Å². The highest BCUT2D eigenvalue weighted by atomic mass is 35.5. The number of carboxylic acid groups (broad SMARTS) is 2. The van der Waals surface area contributed by atoms with Crippen molar-refractivity contribution in [2.45, 2.75) is 31.4 Å². The molecule has 0 bridgehead atoms. The molecule has 2 aromatic rings. The summed E-state index contributed by atoms with van der Waals surface area (Å²) >= 11 is 6.00. The van der Waals surface area contributed by atoms with Crippen LogP contribution in [0.25, 0.3) is 11.1 Å². The minimum absolute atomic E-state index is 0.239. The lowest BCUT2D eigenvalue weighted by Gasteiger charge is -2.20. The summed E-state index contributed by atoms with van der Waals surface area (Å²) in [5.41, 5.74) is 2.67. The number of halogens is 1. The molecule has 8 heteroatoms. The van der Waals surface area contributed by atoms with Gasteiger partial charge in [-0.15, -0.1) is 0 Å². The summed E-state index contributed by atoms with van der Waals surface area (Å²) in [4.78, 5) is 33.3. The smallest absolute Gasteiger partial charge is 0.332 e. The summed E-state index contributed by atoms with van der Waals surface area (Å²) in [5, 5.41) is 30.3. The largest absolute Gasteiger partial charge is 0.481 e. The van der Waals surface area contributed by atoms with E-state index in [1.807, 2.05) is 42.5 Å². The van der Waals surface area contributed by atoms with Gasteiger partial charge in [0, 0.05) is 17.5 Å². The summed E-state index contributed by atoms with van der Waals surface area (Å²) in [7, 11) is 0. The SMILES string of the molecule is O=C(O)CC(=O)N[C@H](Cc1ccc(-c2cccc(Cl)c2)cc1)C[C@@H](O)C(=O)O. The van der Waals surface area contributed by atoms with Gasteiger partial charge in [0.25, 0.3) is 0 Å². The summed E-state index contributed by atoms with van der Waals surface area (Å²) in [6.45, 7) is 0. The number of aliphatic carboxylic acids is 2. The van der Waals surface area contributed by atoms with Gasteiger partial charge in [-0.3, -0.25) is 9.59 Å². The lowest BCUT2D eigenvalue weighted by molar-refractivity contribution is -0.148. The Bertz CT molecular complexity index is 852. The second-order valence-corrected chi connectivity index (χ2v) is 6.77. The van der Waals surface area contributed by atoms with Crippen molar-refractivity contribution >= 4 is 29.4 Å². The van der Waals surface area contributed by atoms with E-state index in [2.05, 4.69) is 5.32 Å². The Kier molecular flexibility index (Phi) is 7.54. The highest BCUT2D eigenvalue weighted by Crippen LogP contribution is 2.23. The van der Waals surface area contributed by atoms with Crippen LogP contribution in [-0.4, -0.2) is 45.3 Å². The Morgan fingerprint density at radius 3 is 2.25 bits per heavy atom.